The number of carbonyl (C=O) groups excluding carboxylic acids is 1. The third kappa shape index (κ3) is 7.62. The number of benzene rings is 1. The zero-order valence-electron chi connectivity index (χ0n) is 18.1. The van der Waals surface area contributed by atoms with Crippen LogP contribution in [0.3, 0.4) is 0 Å². The molecule has 2 saturated heterocycles. The maximum Gasteiger partial charge on any atom is 0.328 e. The van der Waals surface area contributed by atoms with E-state index in [-0.39, 0.29) is 24.1 Å². The fourth-order valence-corrected chi connectivity index (χ4v) is 5.56. The average molecular weight is 494 g/mol. The number of halogens is 2. The average Bonchev–Trinajstić information content (AvgIpc) is 3.09. The molecule has 0 spiro atoms. The van der Waals surface area contributed by atoms with Gasteiger partial charge in [0, 0.05) is 13.1 Å². The van der Waals surface area contributed by atoms with Crippen LogP contribution in [0.15, 0.2) is 30.3 Å². The van der Waals surface area contributed by atoms with Crippen molar-refractivity contribution >= 4 is 36.8 Å². The van der Waals surface area contributed by atoms with Crippen molar-refractivity contribution in [1.82, 2.24) is 15.5 Å². The molecule has 2 heterocycles. The number of urea groups is 1. The Kier molecular flexibility index (Phi) is 11.1. The summed E-state index contributed by atoms with van der Waals surface area (Å²) in [5.74, 6) is 0.607. The van der Waals surface area contributed by atoms with E-state index in [0.29, 0.717) is 25.4 Å². The smallest absolute Gasteiger partial charge is 0.328 e. The zero-order valence-corrected chi connectivity index (χ0v) is 20.5. The van der Waals surface area contributed by atoms with Gasteiger partial charge < -0.3 is 25.0 Å². The molecule has 7 nitrogen and oxygen atoms in total. The van der Waals surface area contributed by atoms with Crippen molar-refractivity contribution in [3.8, 4) is 0 Å². The lowest BCUT2D eigenvalue weighted by Crippen LogP contribution is -2.46. The van der Waals surface area contributed by atoms with Crippen LogP contribution in [0.2, 0.25) is 0 Å². The number of hydrogen-bond acceptors (Lipinski definition) is 4. The minimum Gasteiger partial charge on any atom is -0.335 e. The molecule has 1 aromatic carbocycles. The minimum atomic E-state index is -3.67. The van der Waals surface area contributed by atoms with E-state index in [2.05, 4.69) is 10.6 Å². The molecule has 0 aromatic heterocycles. The second-order valence-corrected chi connectivity index (χ2v) is 10.6. The van der Waals surface area contributed by atoms with Crippen molar-refractivity contribution in [3.05, 3.63) is 35.9 Å². The summed E-state index contributed by atoms with van der Waals surface area (Å²) in [6, 6.07) is 9.75. The highest BCUT2D eigenvalue weighted by Crippen LogP contribution is 2.47. The number of alkyl halides is 2. The van der Waals surface area contributed by atoms with Crippen molar-refractivity contribution in [3.63, 3.8) is 0 Å². The number of hydrogen-bond donors (Lipinski definition) is 3. The molecule has 3 N–H and O–H groups in total. The molecule has 2 fully saturated rings. The molecular weight excluding hydrogens is 460 g/mol. The fraction of sp³-hybridized carbons (Fsp3) is 0.667. The standard InChI is InChI=1S/C20H32N3O4P.CH2Cl2/c1-2-27-28(25,26)15-11-20(18-6-4-3-5-7-18)16-22-19(24)23(20)14-10-17-8-12-21-13-9-17;2-1-3/h3-7,17,21H,2,8-16H2,1H3,(H,22,24)(H,25,26);1H2. The number of nitrogens with zero attached hydrogens (tertiary/aromatic N) is 1. The lowest BCUT2D eigenvalue weighted by Gasteiger charge is -2.39. The second-order valence-electron chi connectivity index (χ2n) is 7.82. The molecule has 31 heavy (non-hydrogen) atoms. The fourth-order valence-electron chi connectivity index (χ4n) is 4.37. The van der Waals surface area contributed by atoms with Gasteiger partial charge in [0.25, 0.3) is 0 Å². The van der Waals surface area contributed by atoms with Gasteiger partial charge >= 0.3 is 13.6 Å². The van der Waals surface area contributed by atoms with Crippen LogP contribution >= 0.6 is 30.8 Å². The predicted octanol–water partition coefficient (Wildman–Crippen LogP) is 4.33. The molecule has 176 valence electrons. The minimum absolute atomic E-state index is 0.0224. The van der Waals surface area contributed by atoms with Crippen molar-refractivity contribution in [1.29, 1.82) is 0 Å². The molecule has 2 atom stereocenters. The van der Waals surface area contributed by atoms with Crippen LogP contribution in [-0.4, -0.2) is 60.1 Å². The third-order valence-electron chi connectivity index (χ3n) is 5.96. The van der Waals surface area contributed by atoms with Crippen molar-refractivity contribution in [2.24, 2.45) is 5.92 Å². The highest BCUT2D eigenvalue weighted by Gasteiger charge is 2.47. The largest absolute Gasteiger partial charge is 0.335 e. The van der Waals surface area contributed by atoms with Crippen LogP contribution in [0.5, 0.6) is 0 Å². The molecule has 10 heteroatoms. The first kappa shape index (κ1) is 26.4. The van der Waals surface area contributed by atoms with Crippen LogP contribution in [0, 0.1) is 5.92 Å². The van der Waals surface area contributed by atoms with Crippen molar-refractivity contribution in [2.75, 3.05) is 44.3 Å². The summed E-state index contributed by atoms with van der Waals surface area (Å²) in [5.41, 5.74) is 0.371. The van der Waals surface area contributed by atoms with E-state index in [4.69, 9.17) is 27.7 Å². The Hall–Kier alpha value is -0.820. The quantitative estimate of drug-likeness (QED) is 0.351. The SMILES string of the molecule is CCOP(=O)(O)CCC1(c2ccccc2)CNC(=O)N1CCC1CCNCC1.ClCCl. The molecule has 2 amide bonds. The zero-order chi connectivity index (χ0) is 22.7. The van der Waals surface area contributed by atoms with Gasteiger partial charge in [-0.15, -0.1) is 23.2 Å². The molecule has 3 rings (SSSR count). The van der Waals surface area contributed by atoms with Gasteiger partial charge in [-0.1, -0.05) is 30.3 Å². The molecule has 0 radical (unpaired) electrons. The van der Waals surface area contributed by atoms with Gasteiger partial charge in [-0.05, 0) is 57.2 Å². The van der Waals surface area contributed by atoms with Crippen LogP contribution < -0.4 is 10.6 Å². The van der Waals surface area contributed by atoms with Crippen LogP contribution in [-0.2, 0) is 14.6 Å². The first-order chi connectivity index (χ1) is 14.9. The van der Waals surface area contributed by atoms with Crippen molar-refractivity contribution in [2.45, 2.75) is 38.1 Å². The van der Waals surface area contributed by atoms with Gasteiger partial charge in [-0.2, -0.15) is 0 Å². The van der Waals surface area contributed by atoms with E-state index in [1.165, 1.54) is 0 Å². The van der Waals surface area contributed by atoms with Gasteiger partial charge in [-0.3, -0.25) is 4.57 Å². The maximum atomic E-state index is 12.7. The Labute approximate surface area is 195 Å². The normalized spacial score (nSPS) is 23.6. The third-order valence-corrected chi connectivity index (χ3v) is 7.41. The lowest BCUT2D eigenvalue weighted by atomic mass is 9.85. The van der Waals surface area contributed by atoms with E-state index in [9.17, 15) is 14.3 Å². The number of carbonyl (C=O) groups is 1. The Morgan fingerprint density at radius 2 is 1.90 bits per heavy atom. The van der Waals surface area contributed by atoms with Gasteiger partial charge in [0.15, 0.2) is 0 Å². The first-order valence-electron chi connectivity index (χ1n) is 10.8. The molecule has 0 bridgehead atoms. The first-order valence-corrected chi connectivity index (χ1v) is 13.6. The molecule has 2 aliphatic heterocycles. The highest BCUT2D eigenvalue weighted by atomic mass is 35.5. The number of rotatable bonds is 9. The van der Waals surface area contributed by atoms with Crippen molar-refractivity contribution < 1.29 is 18.8 Å². The Bertz CT molecular complexity index is 722. The van der Waals surface area contributed by atoms with E-state index in [0.717, 1.165) is 37.9 Å². The Morgan fingerprint density at radius 1 is 1.26 bits per heavy atom. The van der Waals surface area contributed by atoms with Gasteiger partial charge in [0.1, 0.15) is 0 Å². The summed E-state index contributed by atoms with van der Waals surface area (Å²) in [6.07, 6.45) is 3.62. The van der Waals surface area contributed by atoms with Gasteiger partial charge in [0.05, 0.1) is 23.6 Å². The highest BCUT2D eigenvalue weighted by molar-refractivity contribution is 7.52. The van der Waals surface area contributed by atoms with Gasteiger partial charge in [0.2, 0.25) is 0 Å². The number of nitrogens with one attached hydrogen (secondary N) is 2. The Morgan fingerprint density at radius 3 is 2.52 bits per heavy atom. The molecule has 0 saturated carbocycles. The summed E-state index contributed by atoms with van der Waals surface area (Å²) in [7, 11) is -3.67. The maximum absolute atomic E-state index is 12.7. The van der Waals surface area contributed by atoms with Crippen LogP contribution in [0.25, 0.3) is 0 Å². The topological polar surface area (TPSA) is 90.9 Å². The molecule has 1 aromatic rings. The summed E-state index contributed by atoms with van der Waals surface area (Å²) in [4.78, 5) is 24.7. The number of piperidine rings is 1. The Balaban J connectivity index is 0.00000107. The van der Waals surface area contributed by atoms with Crippen LogP contribution in [0.1, 0.15) is 38.2 Å². The molecular formula is C21H34Cl2N3O4P. The summed E-state index contributed by atoms with van der Waals surface area (Å²) in [5, 5.41) is 6.55. The second kappa shape index (κ2) is 13.0. The lowest BCUT2D eigenvalue weighted by molar-refractivity contribution is 0.139. The summed E-state index contributed by atoms with van der Waals surface area (Å²) in [6.45, 7) is 5.06. The van der Waals surface area contributed by atoms with Crippen LogP contribution in [0.4, 0.5) is 4.79 Å². The molecule has 0 aliphatic carbocycles. The molecule has 2 unspecified atom stereocenters. The molecule has 2 aliphatic rings. The summed E-state index contributed by atoms with van der Waals surface area (Å²) < 4.78 is 17.4. The summed E-state index contributed by atoms with van der Waals surface area (Å²) >= 11 is 9.53. The van der Waals surface area contributed by atoms with E-state index >= 15 is 0 Å². The van der Waals surface area contributed by atoms with Gasteiger partial charge in [-0.25, -0.2) is 4.79 Å². The predicted molar refractivity (Wildman–Crippen MR) is 126 cm³/mol. The van der Waals surface area contributed by atoms with E-state index < -0.39 is 13.1 Å². The van der Waals surface area contributed by atoms with E-state index in [1.54, 1.807) is 6.92 Å². The monoisotopic (exact) mass is 493 g/mol. The van der Waals surface area contributed by atoms with E-state index in [1.807, 2.05) is 35.2 Å². The number of amides is 2.